The molecule has 5 heteroatoms. The van der Waals surface area contributed by atoms with Crippen molar-refractivity contribution in [3.63, 3.8) is 0 Å². The van der Waals surface area contributed by atoms with Crippen LogP contribution in [0, 0.1) is 6.92 Å². The van der Waals surface area contributed by atoms with Gasteiger partial charge < -0.3 is 16.2 Å². The molecule has 1 rings (SSSR count). The van der Waals surface area contributed by atoms with E-state index in [2.05, 4.69) is 4.98 Å². The second-order valence-electron chi connectivity index (χ2n) is 2.90. The first-order valence-electron chi connectivity index (χ1n) is 4.12. The fraction of sp³-hybridized carbons (Fsp3) is 0.444. The molecule has 4 N–H and O–H groups in total. The van der Waals surface area contributed by atoms with Gasteiger partial charge in [-0.1, -0.05) is 0 Å². The molecule has 0 bridgehead atoms. The number of nitrogens with zero attached hydrogens (tertiary/aromatic N) is 1. The van der Waals surface area contributed by atoms with E-state index in [1.165, 1.54) is 0 Å². The summed E-state index contributed by atoms with van der Waals surface area (Å²) in [5, 5.41) is 0. The summed E-state index contributed by atoms with van der Waals surface area (Å²) in [5.41, 5.74) is 14.8. The Kier molecular flexibility index (Phi) is 5.68. The molecule has 0 unspecified atom stereocenters. The zero-order valence-electron chi connectivity index (χ0n) is 8.41. The second kappa shape index (κ2) is 5.95. The van der Waals surface area contributed by atoms with E-state index in [0.29, 0.717) is 18.8 Å². The largest absolute Gasteiger partial charge is 0.397 e. The van der Waals surface area contributed by atoms with Crippen LogP contribution in [0.5, 0.6) is 0 Å². The Hall–Kier alpha value is -0.650. The van der Waals surface area contributed by atoms with E-state index in [4.69, 9.17) is 16.2 Å². The van der Waals surface area contributed by atoms with Crippen LogP contribution in [0.4, 0.5) is 5.69 Å². The van der Waals surface area contributed by atoms with Gasteiger partial charge in [0.15, 0.2) is 0 Å². The van der Waals surface area contributed by atoms with Crippen molar-refractivity contribution in [1.29, 1.82) is 0 Å². The number of hydrogen-bond acceptors (Lipinski definition) is 4. The number of nitrogen functional groups attached to an aromatic ring is 1. The summed E-state index contributed by atoms with van der Waals surface area (Å²) in [6, 6.07) is 0. The molecule has 1 aromatic heterocycles. The van der Waals surface area contributed by atoms with Gasteiger partial charge in [-0.15, -0.1) is 17.0 Å². The molecule has 0 spiro atoms. The number of aromatic nitrogens is 1. The highest BCUT2D eigenvalue weighted by Crippen LogP contribution is 2.19. The first-order valence-corrected chi connectivity index (χ1v) is 4.12. The summed E-state index contributed by atoms with van der Waals surface area (Å²) in [6.45, 7) is 2.80. The molecule has 0 saturated carbocycles. The third kappa shape index (κ3) is 2.67. The van der Waals surface area contributed by atoms with Gasteiger partial charge in [0.2, 0.25) is 0 Å². The third-order valence-electron chi connectivity index (χ3n) is 2.03. The summed E-state index contributed by atoms with van der Waals surface area (Å²) in [4.78, 5) is 4.13. The molecule has 4 nitrogen and oxygen atoms in total. The number of nitrogens with two attached hydrogens (primary N) is 2. The van der Waals surface area contributed by atoms with E-state index < -0.39 is 0 Å². The standard InChI is InChI=1S/C9H15N3O.BrH/c1-6-9(11)8(5-13-2)7(3-10)4-12-6;/h4H,3,5,10-11H2,1-2H3;1H. The van der Waals surface area contributed by atoms with Crippen molar-refractivity contribution in [2.75, 3.05) is 12.8 Å². The first-order chi connectivity index (χ1) is 6.20. The highest BCUT2D eigenvalue weighted by molar-refractivity contribution is 8.93. The van der Waals surface area contributed by atoms with Gasteiger partial charge in [0, 0.05) is 25.4 Å². The summed E-state index contributed by atoms with van der Waals surface area (Å²) >= 11 is 0. The summed E-state index contributed by atoms with van der Waals surface area (Å²) < 4.78 is 5.04. The Labute approximate surface area is 94.4 Å². The summed E-state index contributed by atoms with van der Waals surface area (Å²) in [7, 11) is 1.63. The molecule has 0 fully saturated rings. The number of aryl methyl sites for hydroxylation is 1. The first kappa shape index (κ1) is 13.4. The van der Waals surface area contributed by atoms with Gasteiger partial charge in [-0.3, -0.25) is 4.98 Å². The average molecular weight is 262 g/mol. The van der Waals surface area contributed by atoms with Crippen LogP contribution in [0.15, 0.2) is 6.20 Å². The van der Waals surface area contributed by atoms with Crippen LogP contribution in [-0.4, -0.2) is 12.1 Å². The Morgan fingerprint density at radius 2 is 2.14 bits per heavy atom. The van der Waals surface area contributed by atoms with E-state index in [1.54, 1.807) is 13.3 Å². The van der Waals surface area contributed by atoms with E-state index in [9.17, 15) is 0 Å². The monoisotopic (exact) mass is 261 g/mol. The van der Waals surface area contributed by atoms with Crippen molar-refractivity contribution in [2.45, 2.75) is 20.1 Å². The lowest BCUT2D eigenvalue weighted by Crippen LogP contribution is -2.08. The summed E-state index contributed by atoms with van der Waals surface area (Å²) in [5.74, 6) is 0. The number of halogens is 1. The van der Waals surface area contributed by atoms with Crippen molar-refractivity contribution < 1.29 is 4.74 Å². The fourth-order valence-electron chi connectivity index (χ4n) is 1.20. The lowest BCUT2D eigenvalue weighted by Gasteiger charge is -2.11. The molecule has 0 aliphatic rings. The molecule has 0 saturated heterocycles. The number of methoxy groups -OCH3 is 1. The average Bonchev–Trinajstić information content (AvgIpc) is 2.14. The molecule has 0 radical (unpaired) electrons. The van der Waals surface area contributed by atoms with Gasteiger partial charge in [0.05, 0.1) is 18.0 Å². The molecule has 0 atom stereocenters. The normalized spacial score (nSPS) is 9.64. The molecule has 1 aromatic rings. The number of ether oxygens (including phenoxy) is 1. The predicted molar refractivity (Wildman–Crippen MR) is 62.3 cm³/mol. The van der Waals surface area contributed by atoms with E-state index in [0.717, 1.165) is 16.8 Å². The van der Waals surface area contributed by atoms with Crippen molar-refractivity contribution in [2.24, 2.45) is 5.73 Å². The van der Waals surface area contributed by atoms with Crippen LogP contribution < -0.4 is 11.5 Å². The molecule has 0 aliphatic heterocycles. The zero-order chi connectivity index (χ0) is 9.84. The highest BCUT2D eigenvalue weighted by atomic mass is 79.9. The van der Waals surface area contributed by atoms with Gasteiger partial charge in [-0.25, -0.2) is 0 Å². The Bertz CT molecular complexity index is 304. The predicted octanol–water partition coefficient (Wildman–Crippen LogP) is 1.16. The number of anilines is 1. The quantitative estimate of drug-likeness (QED) is 0.857. The number of rotatable bonds is 3. The Balaban J connectivity index is 0.00000169. The maximum absolute atomic E-state index is 5.85. The highest BCUT2D eigenvalue weighted by Gasteiger charge is 2.07. The topological polar surface area (TPSA) is 74.2 Å². The van der Waals surface area contributed by atoms with Gasteiger partial charge in [-0.05, 0) is 12.5 Å². The van der Waals surface area contributed by atoms with Crippen molar-refractivity contribution >= 4 is 22.7 Å². The van der Waals surface area contributed by atoms with Crippen LogP contribution >= 0.6 is 17.0 Å². The smallest absolute Gasteiger partial charge is 0.0737 e. The van der Waals surface area contributed by atoms with Gasteiger partial charge >= 0.3 is 0 Å². The van der Waals surface area contributed by atoms with Gasteiger partial charge in [0.1, 0.15) is 0 Å². The van der Waals surface area contributed by atoms with Crippen LogP contribution in [0.1, 0.15) is 16.8 Å². The number of pyridine rings is 1. The molecule has 0 aliphatic carbocycles. The SMILES string of the molecule is Br.COCc1c(CN)cnc(C)c1N. The van der Waals surface area contributed by atoms with Crippen molar-refractivity contribution in [3.8, 4) is 0 Å². The van der Waals surface area contributed by atoms with E-state index in [-0.39, 0.29) is 17.0 Å². The van der Waals surface area contributed by atoms with E-state index >= 15 is 0 Å². The maximum Gasteiger partial charge on any atom is 0.0737 e. The number of hydrogen-bond donors (Lipinski definition) is 2. The lowest BCUT2D eigenvalue weighted by atomic mass is 10.1. The Morgan fingerprint density at radius 3 is 2.64 bits per heavy atom. The zero-order valence-corrected chi connectivity index (χ0v) is 10.1. The third-order valence-corrected chi connectivity index (χ3v) is 2.03. The summed E-state index contributed by atoms with van der Waals surface area (Å²) in [6.07, 6.45) is 1.75. The lowest BCUT2D eigenvalue weighted by molar-refractivity contribution is 0.184. The molecule has 1 heterocycles. The van der Waals surface area contributed by atoms with Crippen molar-refractivity contribution in [1.82, 2.24) is 4.98 Å². The van der Waals surface area contributed by atoms with Crippen molar-refractivity contribution in [3.05, 3.63) is 23.0 Å². The molecule has 80 valence electrons. The van der Waals surface area contributed by atoms with Crippen LogP contribution in [0.3, 0.4) is 0 Å². The molecular weight excluding hydrogens is 246 g/mol. The molecule has 0 aromatic carbocycles. The van der Waals surface area contributed by atoms with Gasteiger partial charge in [0.25, 0.3) is 0 Å². The van der Waals surface area contributed by atoms with E-state index in [1.807, 2.05) is 6.92 Å². The minimum absolute atomic E-state index is 0. The second-order valence-corrected chi connectivity index (χ2v) is 2.90. The maximum atomic E-state index is 5.85. The van der Waals surface area contributed by atoms with Crippen LogP contribution in [-0.2, 0) is 17.9 Å². The molecule has 14 heavy (non-hydrogen) atoms. The van der Waals surface area contributed by atoms with Crippen LogP contribution in [0.25, 0.3) is 0 Å². The minimum atomic E-state index is 0. The minimum Gasteiger partial charge on any atom is -0.397 e. The van der Waals surface area contributed by atoms with Gasteiger partial charge in [-0.2, -0.15) is 0 Å². The fourth-order valence-corrected chi connectivity index (χ4v) is 1.20. The van der Waals surface area contributed by atoms with Crippen LogP contribution in [0.2, 0.25) is 0 Å². The molecular formula is C9H16BrN3O. The Morgan fingerprint density at radius 1 is 1.50 bits per heavy atom. The molecule has 0 amide bonds.